The summed E-state index contributed by atoms with van der Waals surface area (Å²) < 4.78 is 13.1. The average molecular weight is 381 g/mol. The topological polar surface area (TPSA) is 36.4 Å². The number of fused-ring (bicyclic) bond motifs is 1. The first-order valence-electron chi connectivity index (χ1n) is 8.95. The van der Waals surface area contributed by atoms with Gasteiger partial charge in [-0.05, 0) is 36.4 Å². The Morgan fingerprint density at radius 1 is 1.00 bits per heavy atom. The molecule has 1 fully saturated rings. The number of hydrogen-bond donors (Lipinski definition) is 0. The molecule has 1 aromatic heterocycles. The van der Waals surface area contributed by atoms with Crippen LogP contribution in [0.3, 0.4) is 0 Å². The molecule has 0 radical (unpaired) electrons. The van der Waals surface area contributed by atoms with E-state index in [2.05, 4.69) is 9.88 Å². The van der Waals surface area contributed by atoms with Gasteiger partial charge in [-0.1, -0.05) is 18.2 Å². The lowest BCUT2D eigenvalue weighted by Crippen LogP contribution is -2.49. The van der Waals surface area contributed by atoms with Crippen molar-refractivity contribution in [3.8, 4) is 0 Å². The highest BCUT2D eigenvalue weighted by atomic mass is 32.2. The zero-order chi connectivity index (χ0) is 18.6. The first kappa shape index (κ1) is 17.8. The molecular formula is C21H20FN3OS. The number of carbonyl (C=O) groups is 1. The summed E-state index contributed by atoms with van der Waals surface area (Å²) in [6, 6.07) is 16.5. The normalized spacial score (nSPS) is 14.6. The number of anilines is 1. The summed E-state index contributed by atoms with van der Waals surface area (Å²) >= 11 is 1.56. The molecule has 2 aromatic carbocycles. The van der Waals surface area contributed by atoms with Gasteiger partial charge in [-0.15, -0.1) is 11.8 Å². The number of benzene rings is 2. The Bertz CT molecular complexity index is 934. The first-order valence-corrected chi connectivity index (χ1v) is 9.94. The zero-order valence-corrected chi connectivity index (χ0v) is 15.7. The van der Waals surface area contributed by atoms with Gasteiger partial charge in [0.05, 0.1) is 11.3 Å². The Hall–Kier alpha value is -2.60. The minimum atomic E-state index is -0.228. The number of para-hydroxylation sites is 1. The highest BCUT2D eigenvalue weighted by Gasteiger charge is 2.21. The predicted octanol–water partition coefficient (Wildman–Crippen LogP) is 3.81. The van der Waals surface area contributed by atoms with Crippen molar-refractivity contribution >= 4 is 34.3 Å². The molecule has 4 rings (SSSR count). The van der Waals surface area contributed by atoms with Crippen molar-refractivity contribution in [2.75, 3.05) is 36.8 Å². The molecule has 27 heavy (non-hydrogen) atoms. The third-order valence-corrected chi connectivity index (χ3v) is 5.84. The quantitative estimate of drug-likeness (QED) is 0.644. The number of hydrogen-bond acceptors (Lipinski definition) is 4. The zero-order valence-electron chi connectivity index (χ0n) is 14.8. The van der Waals surface area contributed by atoms with Gasteiger partial charge in [-0.2, -0.15) is 0 Å². The summed E-state index contributed by atoms with van der Waals surface area (Å²) in [7, 11) is 0. The Morgan fingerprint density at radius 3 is 2.52 bits per heavy atom. The number of nitrogens with zero attached hydrogens (tertiary/aromatic N) is 3. The summed E-state index contributed by atoms with van der Waals surface area (Å²) in [6.07, 6.45) is 1.79. The van der Waals surface area contributed by atoms with Gasteiger partial charge in [-0.3, -0.25) is 9.78 Å². The minimum absolute atomic E-state index is 0.152. The lowest BCUT2D eigenvalue weighted by atomic mass is 10.2. The van der Waals surface area contributed by atoms with E-state index in [1.807, 2.05) is 35.2 Å². The molecule has 0 spiro atoms. The third kappa shape index (κ3) is 4.06. The van der Waals surface area contributed by atoms with Gasteiger partial charge in [0.15, 0.2) is 0 Å². The molecule has 0 atom stereocenters. The molecule has 2 heterocycles. The summed E-state index contributed by atoms with van der Waals surface area (Å²) in [4.78, 5) is 22.2. The average Bonchev–Trinajstić information content (AvgIpc) is 2.72. The van der Waals surface area contributed by atoms with Crippen molar-refractivity contribution in [2.24, 2.45) is 0 Å². The number of thioether (sulfide) groups is 1. The van der Waals surface area contributed by atoms with Gasteiger partial charge < -0.3 is 9.80 Å². The van der Waals surface area contributed by atoms with E-state index in [1.165, 1.54) is 12.1 Å². The third-order valence-electron chi connectivity index (χ3n) is 4.78. The van der Waals surface area contributed by atoms with Gasteiger partial charge >= 0.3 is 0 Å². The molecule has 4 nitrogen and oxygen atoms in total. The second kappa shape index (κ2) is 7.96. The molecule has 0 unspecified atom stereocenters. The summed E-state index contributed by atoms with van der Waals surface area (Å²) in [5.74, 6) is 0.345. The Balaban J connectivity index is 1.34. The van der Waals surface area contributed by atoms with E-state index < -0.39 is 0 Å². The van der Waals surface area contributed by atoms with Gasteiger partial charge in [0.25, 0.3) is 0 Å². The van der Waals surface area contributed by atoms with Crippen LogP contribution in [-0.2, 0) is 4.79 Å². The maximum absolute atomic E-state index is 13.1. The second-order valence-electron chi connectivity index (χ2n) is 6.46. The highest BCUT2D eigenvalue weighted by molar-refractivity contribution is 8.00. The Labute approximate surface area is 162 Å². The fourth-order valence-corrected chi connectivity index (χ4v) is 4.24. The van der Waals surface area contributed by atoms with E-state index in [9.17, 15) is 9.18 Å². The molecule has 1 saturated heterocycles. The SMILES string of the molecule is O=C(CSc1ccnc2ccccc12)N1CCN(c2ccc(F)cc2)CC1. The van der Waals surface area contributed by atoms with Crippen molar-refractivity contribution in [1.82, 2.24) is 9.88 Å². The van der Waals surface area contributed by atoms with E-state index in [0.717, 1.165) is 34.6 Å². The molecule has 0 bridgehead atoms. The number of piperazine rings is 1. The lowest BCUT2D eigenvalue weighted by molar-refractivity contribution is -0.128. The van der Waals surface area contributed by atoms with Crippen LogP contribution in [-0.4, -0.2) is 47.7 Å². The van der Waals surface area contributed by atoms with Crippen LogP contribution in [0.2, 0.25) is 0 Å². The van der Waals surface area contributed by atoms with E-state index in [4.69, 9.17) is 0 Å². The van der Waals surface area contributed by atoms with Crippen LogP contribution in [0.4, 0.5) is 10.1 Å². The van der Waals surface area contributed by atoms with Crippen molar-refractivity contribution in [3.63, 3.8) is 0 Å². The van der Waals surface area contributed by atoms with Gasteiger partial charge in [0, 0.05) is 48.3 Å². The second-order valence-corrected chi connectivity index (χ2v) is 7.48. The molecular weight excluding hydrogens is 361 g/mol. The summed E-state index contributed by atoms with van der Waals surface area (Å²) in [6.45, 7) is 2.90. The number of pyridine rings is 1. The Kier molecular flexibility index (Phi) is 5.25. The minimum Gasteiger partial charge on any atom is -0.368 e. The van der Waals surface area contributed by atoms with Gasteiger partial charge in [0.1, 0.15) is 5.82 Å². The van der Waals surface area contributed by atoms with Crippen LogP contribution in [0.25, 0.3) is 10.9 Å². The van der Waals surface area contributed by atoms with Crippen LogP contribution in [0.15, 0.2) is 65.7 Å². The molecule has 0 aliphatic carbocycles. The lowest BCUT2D eigenvalue weighted by Gasteiger charge is -2.36. The molecule has 1 amide bonds. The molecule has 0 N–H and O–H groups in total. The monoisotopic (exact) mass is 381 g/mol. The maximum atomic E-state index is 13.1. The van der Waals surface area contributed by atoms with Crippen LogP contribution in [0.1, 0.15) is 0 Å². The maximum Gasteiger partial charge on any atom is 0.233 e. The largest absolute Gasteiger partial charge is 0.368 e. The van der Waals surface area contributed by atoms with Crippen LogP contribution < -0.4 is 4.90 Å². The number of carbonyl (C=O) groups excluding carboxylic acids is 1. The van der Waals surface area contributed by atoms with Crippen molar-refractivity contribution in [3.05, 3.63) is 66.6 Å². The molecule has 1 aliphatic heterocycles. The summed E-state index contributed by atoms with van der Waals surface area (Å²) in [5.41, 5.74) is 1.95. The molecule has 1 aliphatic rings. The standard InChI is InChI=1S/C21H20FN3OS/c22-16-5-7-17(8-6-16)24-11-13-25(14-12-24)21(26)15-27-20-9-10-23-19-4-2-1-3-18(19)20/h1-10H,11-15H2. The van der Waals surface area contributed by atoms with Gasteiger partial charge in [0.2, 0.25) is 5.91 Å². The van der Waals surface area contributed by atoms with E-state index in [-0.39, 0.29) is 11.7 Å². The summed E-state index contributed by atoms with van der Waals surface area (Å²) in [5, 5.41) is 1.08. The van der Waals surface area contributed by atoms with Crippen molar-refractivity contribution in [2.45, 2.75) is 4.90 Å². The fourth-order valence-electron chi connectivity index (χ4n) is 3.29. The van der Waals surface area contributed by atoms with Crippen LogP contribution in [0, 0.1) is 5.82 Å². The van der Waals surface area contributed by atoms with Crippen molar-refractivity contribution in [1.29, 1.82) is 0 Å². The molecule has 138 valence electrons. The van der Waals surface area contributed by atoms with E-state index >= 15 is 0 Å². The number of halogens is 1. The van der Waals surface area contributed by atoms with E-state index in [1.54, 1.807) is 30.1 Å². The predicted molar refractivity (Wildman–Crippen MR) is 108 cm³/mol. The molecule has 0 saturated carbocycles. The number of rotatable bonds is 4. The van der Waals surface area contributed by atoms with Crippen LogP contribution >= 0.6 is 11.8 Å². The van der Waals surface area contributed by atoms with Gasteiger partial charge in [-0.25, -0.2) is 4.39 Å². The highest BCUT2D eigenvalue weighted by Crippen LogP contribution is 2.27. The van der Waals surface area contributed by atoms with Crippen LogP contribution in [0.5, 0.6) is 0 Å². The smallest absolute Gasteiger partial charge is 0.233 e. The van der Waals surface area contributed by atoms with E-state index in [0.29, 0.717) is 18.8 Å². The number of amides is 1. The number of aromatic nitrogens is 1. The molecule has 3 aromatic rings. The van der Waals surface area contributed by atoms with Crippen molar-refractivity contribution < 1.29 is 9.18 Å². The molecule has 6 heteroatoms. The fraction of sp³-hybridized carbons (Fsp3) is 0.238. The first-order chi connectivity index (χ1) is 13.2. The Morgan fingerprint density at radius 2 is 1.74 bits per heavy atom.